The molecule has 2 aromatic rings. The summed E-state index contributed by atoms with van der Waals surface area (Å²) in [4.78, 5) is 0. The van der Waals surface area contributed by atoms with E-state index in [4.69, 9.17) is 36.9 Å². The van der Waals surface area contributed by atoms with Gasteiger partial charge in [-0.3, -0.25) is 0 Å². The largest absolute Gasteiger partial charge is 0.493 e. The molecule has 140 valence electrons. The molecule has 0 unspecified atom stereocenters. The molecule has 7 nitrogen and oxygen atoms in total. The lowest BCUT2D eigenvalue weighted by Gasteiger charge is -2.22. The third-order valence-corrected chi connectivity index (χ3v) is 4.82. The average molecular weight is 385 g/mol. The van der Waals surface area contributed by atoms with Gasteiger partial charge in [-0.25, -0.2) is 5.01 Å². The van der Waals surface area contributed by atoms with Crippen molar-refractivity contribution in [1.82, 2.24) is 5.01 Å². The Kier molecular flexibility index (Phi) is 4.49. The van der Waals surface area contributed by atoms with Crippen LogP contribution < -0.4 is 24.7 Å². The third kappa shape index (κ3) is 3.12. The average Bonchev–Trinajstić information content (AvgIpc) is 3.33. The summed E-state index contributed by atoms with van der Waals surface area (Å²) in [5, 5.41) is 6.53. The van der Waals surface area contributed by atoms with Gasteiger partial charge in [0.15, 0.2) is 28.1 Å². The van der Waals surface area contributed by atoms with E-state index in [-0.39, 0.29) is 17.9 Å². The Morgan fingerprint density at radius 3 is 2.63 bits per heavy atom. The lowest BCUT2D eigenvalue weighted by Crippen LogP contribution is -2.31. The molecule has 27 heavy (non-hydrogen) atoms. The van der Waals surface area contributed by atoms with Crippen molar-refractivity contribution in [2.24, 2.45) is 10.8 Å². The van der Waals surface area contributed by atoms with Crippen molar-refractivity contribution < 1.29 is 18.9 Å². The maximum absolute atomic E-state index is 5.93. The molecule has 2 aliphatic rings. The van der Waals surface area contributed by atoms with Crippen LogP contribution in [0.1, 0.15) is 23.6 Å². The molecule has 0 aliphatic carbocycles. The molecule has 0 saturated carbocycles. The fourth-order valence-corrected chi connectivity index (χ4v) is 3.45. The molecule has 0 aromatic heterocycles. The van der Waals surface area contributed by atoms with Crippen LogP contribution in [-0.2, 0) is 0 Å². The second kappa shape index (κ2) is 6.96. The van der Waals surface area contributed by atoms with E-state index >= 15 is 0 Å². The second-order valence-corrected chi connectivity index (χ2v) is 6.55. The Morgan fingerprint density at radius 1 is 1.11 bits per heavy atom. The highest BCUT2D eigenvalue weighted by Crippen LogP contribution is 2.39. The zero-order chi connectivity index (χ0) is 19.0. The zero-order valence-electron chi connectivity index (χ0n) is 15.0. The van der Waals surface area contributed by atoms with Crippen molar-refractivity contribution in [2.75, 3.05) is 21.0 Å². The number of ether oxygens (including phenoxy) is 4. The molecule has 0 radical (unpaired) electrons. The zero-order valence-corrected chi connectivity index (χ0v) is 15.8. The molecule has 2 N–H and O–H groups in total. The van der Waals surface area contributed by atoms with E-state index in [0.717, 1.165) is 22.6 Å². The first-order chi connectivity index (χ1) is 13.1. The molecule has 0 spiro atoms. The fourth-order valence-electron chi connectivity index (χ4n) is 3.28. The van der Waals surface area contributed by atoms with E-state index in [0.29, 0.717) is 23.7 Å². The van der Waals surface area contributed by atoms with Crippen LogP contribution in [0.3, 0.4) is 0 Å². The maximum Gasteiger partial charge on any atom is 0.231 e. The highest BCUT2D eigenvalue weighted by atomic mass is 32.1. The normalized spacial score (nSPS) is 17.6. The number of hydrogen-bond acceptors (Lipinski definition) is 6. The molecule has 0 saturated heterocycles. The topological polar surface area (TPSA) is 78.5 Å². The summed E-state index contributed by atoms with van der Waals surface area (Å²) < 4.78 is 21.6. The Morgan fingerprint density at radius 2 is 1.89 bits per heavy atom. The van der Waals surface area contributed by atoms with E-state index in [2.05, 4.69) is 5.10 Å². The Labute approximate surface area is 162 Å². The quantitative estimate of drug-likeness (QED) is 0.811. The van der Waals surface area contributed by atoms with Crippen molar-refractivity contribution >= 4 is 23.0 Å². The molecule has 2 heterocycles. The van der Waals surface area contributed by atoms with Gasteiger partial charge in [0.1, 0.15) is 0 Å². The minimum atomic E-state index is -0.122. The SMILES string of the molecule is COc1ccc([C@@H]2CC(c3ccc4c(c3)OCO4)=NN2C(N)=S)cc1OC. The van der Waals surface area contributed by atoms with Gasteiger partial charge in [-0.1, -0.05) is 6.07 Å². The van der Waals surface area contributed by atoms with Gasteiger partial charge >= 0.3 is 0 Å². The van der Waals surface area contributed by atoms with Crippen molar-refractivity contribution in [3.05, 3.63) is 47.5 Å². The van der Waals surface area contributed by atoms with Gasteiger partial charge in [-0.05, 0) is 48.1 Å². The summed E-state index contributed by atoms with van der Waals surface area (Å²) in [6.45, 7) is 0.235. The Hall–Kier alpha value is -3.00. The summed E-state index contributed by atoms with van der Waals surface area (Å²) in [6.07, 6.45) is 0.645. The maximum atomic E-state index is 5.93. The molecular weight excluding hydrogens is 366 g/mol. The highest BCUT2D eigenvalue weighted by Gasteiger charge is 2.31. The van der Waals surface area contributed by atoms with Gasteiger partial charge in [0, 0.05) is 12.0 Å². The monoisotopic (exact) mass is 385 g/mol. The summed E-state index contributed by atoms with van der Waals surface area (Å²) >= 11 is 5.22. The van der Waals surface area contributed by atoms with Crippen LogP contribution in [0.4, 0.5) is 0 Å². The number of fused-ring (bicyclic) bond motifs is 1. The third-order valence-electron chi connectivity index (χ3n) is 4.63. The molecule has 0 bridgehead atoms. The summed E-state index contributed by atoms with van der Waals surface area (Å²) in [5.41, 5.74) is 8.74. The van der Waals surface area contributed by atoms with Crippen molar-refractivity contribution in [1.29, 1.82) is 0 Å². The molecule has 1 atom stereocenters. The van der Waals surface area contributed by atoms with E-state index in [9.17, 15) is 0 Å². The molecule has 0 fully saturated rings. The molecular formula is C19H19N3O4S. The first-order valence-electron chi connectivity index (χ1n) is 8.39. The smallest absolute Gasteiger partial charge is 0.231 e. The van der Waals surface area contributed by atoms with Gasteiger partial charge < -0.3 is 24.7 Å². The number of thiocarbonyl (C=S) groups is 1. The Balaban J connectivity index is 1.67. The second-order valence-electron chi connectivity index (χ2n) is 6.13. The number of methoxy groups -OCH3 is 2. The van der Waals surface area contributed by atoms with E-state index < -0.39 is 0 Å². The van der Waals surface area contributed by atoms with Gasteiger partial charge in [0.25, 0.3) is 0 Å². The van der Waals surface area contributed by atoms with Gasteiger partial charge in [0.05, 0.1) is 26.0 Å². The summed E-state index contributed by atoms with van der Waals surface area (Å²) in [5.74, 6) is 2.76. The van der Waals surface area contributed by atoms with Gasteiger partial charge in [-0.2, -0.15) is 5.10 Å². The van der Waals surface area contributed by atoms with Gasteiger partial charge in [0.2, 0.25) is 6.79 Å². The standard InChI is InChI=1S/C19H19N3O4S/c1-23-15-5-4-12(8-17(15)24-2)14-9-13(21-22(14)19(20)27)11-3-6-16-18(7-11)26-10-25-16/h3-8,14H,9-10H2,1-2H3,(H2,20,27)/t14-/m0/s1. The van der Waals surface area contributed by atoms with Crippen LogP contribution in [0.2, 0.25) is 0 Å². The summed E-state index contributed by atoms with van der Waals surface area (Å²) in [6, 6.07) is 11.4. The molecule has 8 heteroatoms. The van der Waals surface area contributed by atoms with Crippen molar-refractivity contribution in [2.45, 2.75) is 12.5 Å². The fraction of sp³-hybridized carbons (Fsp3) is 0.263. The van der Waals surface area contributed by atoms with Crippen LogP contribution in [0.15, 0.2) is 41.5 Å². The van der Waals surface area contributed by atoms with Crippen molar-refractivity contribution in [3.63, 3.8) is 0 Å². The van der Waals surface area contributed by atoms with E-state index in [1.165, 1.54) is 0 Å². The van der Waals surface area contributed by atoms with Crippen LogP contribution in [0.25, 0.3) is 0 Å². The number of rotatable bonds is 4. The summed E-state index contributed by atoms with van der Waals surface area (Å²) in [7, 11) is 3.21. The molecule has 2 aromatic carbocycles. The van der Waals surface area contributed by atoms with Crippen LogP contribution >= 0.6 is 12.2 Å². The number of hydrazone groups is 1. The van der Waals surface area contributed by atoms with Crippen LogP contribution in [0.5, 0.6) is 23.0 Å². The minimum Gasteiger partial charge on any atom is -0.493 e. The highest BCUT2D eigenvalue weighted by molar-refractivity contribution is 7.80. The van der Waals surface area contributed by atoms with Crippen LogP contribution in [0, 0.1) is 0 Å². The lowest BCUT2D eigenvalue weighted by atomic mass is 9.98. The van der Waals surface area contributed by atoms with Crippen molar-refractivity contribution in [3.8, 4) is 23.0 Å². The first kappa shape index (κ1) is 17.4. The Bertz CT molecular complexity index is 931. The molecule has 2 aliphatic heterocycles. The lowest BCUT2D eigenvalue weighted by molar-refractivity contribution is 0.174. The predicted octanol–water partition coefficient (Wildman–Crippen LogP) is 2.83. The van der Waals surface area contributed by atoms with Gasteiger partial charge in [-0.15, -0.1) is 0 Å². The molecule has 0 amide bonds. The number of nitrogens with two attached hydrogens (primary N) is 1. The number of benzene rings is 2. The number of nitrogens with zero attached hydrogens (tertiary/aromatic N) is 2. The van der Waals surface area contributed by atoms with Crippen LogP contribution in [-0.4, -0.2) is 36.8 Å². The number of hydrogen-bond donors (Lipinski definition) is 1. The predicted molar refractivity (Wildman–Crippen MR) is 105 cm³/mol. The first-order valence-corrected chi connectivity index (χ1v) is 8.79. The van der Waals surface area contributed by atoms with E-state index in [1.807, 2.05) is 36.4 Å². The molecule has 4 rings (SSSR count). The van der Waals surface area contributed by atoms with E-state index in [1.54, 1.807) is 19.2 Å². The minimum absolute atomic E-state index is 0.122.